The molecule has 0 bridgehead atoms. The van der Waals surface area contributed by atoms with Crippen molar-refractivity contribution in [2.24, 2.45) is 5.41 Å². The van der Waals surface area contributed by atoms with Crippen molar-refractivity contribution in [3.63, 3.8) is 0 Å². The highest BCUT2D eigenvalue weighted by atomic mass is 19.4. The van der Waals surface area contributed by atoms with Crippen LogP contribution >= 0.6 is 0 Å². The van der Waals surface area contributed by atoms with E-state index in [9.17, 15) is 33.0 Å². The van der Waals surface area contributed by atoms with Gasteiger partial charge in [-0.05, 0) is 77.0 Å². The van der Waals surface area contributed by atoms with Gasteiger partial charge in [0, 0.05) is 25.4 Å². The number of aliphatic carboxylic acids is 1. The Labute approximate surface area is 231 Å². The number of aliphatic hydroxyl groups excluding tert-OH is 1. The summed E-state index contributed by atoms with van der Waals surface area (Å²) in [5.41, 5.74) is -1.19. The number of carbonyl (C=O) groups excluding carboxylic acids is 1. The third-order valence-corrected chi connectivity index (χ3v) is 8.24. The summed E-state index contributed by atoms with van der Waals surface area (Å²) in [6.07, 6.45) is -0.937. The van der Waals surface area contributed by atoms with Crippen molar-refractivity contribution in [1.82, 2.24) is 19.7 Å². The van der Waals surface area contributed by atoms with Gasteiger partial charge in [0.2, 0.25) is 0 Å². The maximum Gasteiger partial charge on any atom is 0.433 e. The number of hydrogen-bond acceptors (Lipinski definition) is 6. The van der Waals surface area contributed by atoms with Gasteiger partial charge in [0.15, 0.2) is 5.69 Å². The number of halogens is 3. The largest absolute Gasteiger partial charge is 0.481 e. The third-order valence-electron chi connectivity index (χ3n) is 8.24. The number of carboxylic acids is 1. The van der Waals surface area contributed by atoms with E-state index in [1.54, 1.807) is 33.2 Å². The lowest BCUT2D eigenvalue weighted by molar-refractivity contribution is -0.188. The fourth-order valence-corrected chi connectivity index (χ4v) is 6.06. The number of alkyl halides is 3. The molecular formula is C28H37F3N4O5. The Morgan fingerprint density at radius 1 is 1.15 bits per heavy atom. The number of nitrogens with zero attached hydrogens (tertiary/aromatic N) is 4. The van der Waals surface area contributed by atoms with E-state index in [0.717, 1.165) is 10.9 Å². The number of aliphatic hydroxyl groups is 1. The fourth-order valence-electron chi connectivity index (χ4n) is 6.06. The van der Waals surface area contributed by atoms with Gasteiger partial charge in [-0.3, -0.25) is 19.3 Å². The van der Waals surface area contributed by atoms with Crippen LogP contribution < -0.4 is 0 Å². The van der Waals surface area contributed by atoms with Crippen LogP contribution in [0.5, 0.6) is 0 Å². The minimum atomic E-state index is -4.88. The highest BCUT2D eigenvalue weighted by Gasteiger charge is 2.46. The van der Waals surface area contributed by atoms with Crippen LogP contribution in [0.4, 0.5) is 13.2 Å². The van der Waals surface area contributed by atoms with E-state index >= 15 is 0 Å². The van der Waals surface area contributed by atoms with E-state index in [1.165, 1.54) is 4.90 Å². The molecule has 2 aromatic rings. The Balaban J connectivity index is 1.65. The second-order valence-corrected chi connectivity index (χ2v) is 12.1. The highest BCUT2D eigenvalue weighted by molar-refractivity contribution is 5.95. The Kier molecular flexibility index (Phi) is 8.07. The third kappa shape index (κ3) is 6.02. The van der Waals surface area contributed by atoms with Crippen LogP contribution in [0.3, 0.4) is 0 Å². The topological polar surface area (TPSA) is 118 Å². The number of carboxylic acid groups (broad SMARTS) is 1. The van der Waals surface area contributed by atoms with Crippen LogP contribution in [0, 0.1) is 19.3 Å². The molecule has 2 aliphatic rings. The molecule has 2 fully saturated rings. The average Bonchev–Trinajstić information content (AvgIpc) is 3.28. The molecule has 1 amide bonds. The quantitative estimate of drug-likeness (QED) is 0.469. The van der Waals surface area contributed by atoms with E-state index < -0.39 is 52.5 Å². The standard InChI is InChI=1S/C28H37F3N4O5/c1-16-11-32-12-17(2)22(16)21(36)15-34(14-19-10-26(3,4)40-19)24(37)20-13-33-35(23(20)28(29,30)31)18-6-8-27(5,9-7-18)25(38)39/h11-13,18-19,21,36H,6-10,14-15H2,1-5H3,(H,38,39). The lowest BCUT2D eigenvalue weighted by Crippen LogP contribution is -2.52. The summed E-state index contributed by atoms with van der Waals surface area (Å²) in [6, 6.07) is -0.692. The summed E-state index contributed by atoms with van der Waals surface area (Å²) in [4.78, 5) is 30.7. The van der Waals surface area contributed by atoms with Gasteiger partial charge >= 0.3 is 12.1 Å². The summed E-state index contributed by atoms with van der Waals surface area (Å²) in [5, 5.41) is 24.6. The zero-order valence-corrected chi connectivity index (χ0v) is 23.5. The summed E-state index contributed by atoms with van der Waals surface area (Å²) < 4.78 is 50.1. The van der Waals surface area contributed by atoms with Crippen molar-refractivity contribution in [3.8, 4) is 0 Å². The van der Waals surface area contributed by atoms with Gasteiger partial charge in [-0.25, -0.2) is 0 Å². The molecule has 2 N–H and O–H groups in total. The van der Waals surface area contributed by atoms with Crippen molar-refractivity contribution >= 4 is 11.9 Å². The highest BCUT2D eigenvalue weighted by Crippen LogP contribution is 2.43. The van der Waals surface area contributed by atoms with Gasteiger partial charge in [-0.1, -0.05) is 0 Å². The number of aromatic nitrogens is 3. The smallest absolute Gasteiger partial charge is 0.433 e. The molecule has 40 heavy (non-hydrogen) atoms. The molecule has 220 valence electrons. The number of carbonyl (C=O) groups is 2. The number of pyridine rings is 1. The number of hydrogen-bond donors (Lipinski definition) is 2. The molecule has 1 saturated carbocycles. The van der Waals surface area contributed by atoms with E-state index in [1.807, 2.05) is 13.8 Å². The SMILES string of the molecule is Cc1cncc(C)c1C(O)CN(CC1CC(C)(C)O1)C(=O)c1cnn(C2CCC(C)(C(=O)O)CC2)c1C(F)(F)F. The normalized spacial score (nSPS) is 25.2. The Morgan fingerprint density at radius 3 is 2.23 bits per heavy atom. The van der Waals surface area contributed by atoms with Crippen LogP contribution in [0.25, 0.3) is 0 Å². The van der Waals surface area contributed by atoms with Crippen LogP contribution in [0.15, 0.2) is 18.6 Å². The van der Waals surface area contributed by atoms with E-state index in [2.05, 4.69) is 10.1 Å². The zero-order chi connectivity index (χ0) is 29.6. The molecule has 9 nitrogen and oxygen atoms in total. The lowest BCUT2D eigenvalue weighted by Gasteiger charge is -2.45. The molecule has 1 aliphatic heterocycles. The summed E-state index contributed by atoms with van der Waals surface area (Å²) in [6.45, 7) is 8.67. The Morgan fingerprint density at radius 2 is 1.73 bits per heavy atom. The summed E-state index contributed by atoms with van der Waals surface area (Å²) in [5.74, 6) is -1.88. The molecule has 1 saturated heterocycles. The van der Waals surface area contributed by atoms with Crippen LogP contribution in [-0.4, -0.2) is 66.5 Å². The number of ether oxygens (including phenoxy) is 1. The molecule has 0 aromatic carbocycles. The van der Waals surface area contributed by atoms with E-state index in [-0.39, 0.29) is 44.9 Å². The predicted molar refractivity (Wildman–Crippen MR) is 139 cm³/mol. The molecule has 0 radical (unpaired) electrons. The van der Waals surface area contributed by atoms with E-state index in [0.29, 0.717) is 23.1 Å². The first-order valence-electron chi connectivity index (χ1n) is 13.5. The van der Waals surface area contributed by atoms with Crippen molar-refractivity contribution in [2.75, 3.05) is 13.1 Å². The minimum Gasteiger partial charge on any atom is -0.481 e. The molecule has 2 aromatic heterocycles. The fraction of sp³-hybridized carbons (Fsp3) is 0.643. The van der Waals surface area contributed by atoms with Crippen molar-refractivity contribution in [2.45, 2.75) is 96.7 Å². The van der Waals surface area contributed by atoms with Gasteiger partial charge in [0.05, 0.1) is 47.6 Å². The van der Waals surface area contributed by atoms with Gasteiger partial charge in [0.25, 0.3) is 5.91 Å². The number of aryl methyl sites for hydroxylation is 2. The van der Waals surface area contributed by atoms with Gasteiger partial charge < -0.3 is 19.8 Å². The first-order valence-corrected chi connectivity index (χ1v) is 13.5. The zero-order valence-electron chi connectivity index (χ0n) is 23.5. The first-order chi connectivity index (χ1) is 18.5. The maximum absolute atomic E-state index is 14.5. The monoisotopic (exact) mass is 566 g/mol. The predicted octanol–water partition coefficient (Wildman–Crippen LogP) is 4.86. The summed E-state index contributed by atoms with van der Waals surface area (Å²) in [7, 11) is 0. The molecule has 12 heteroatoms. The van der Waals surface area contributed by atoms with Gasteiger partial charge in [0.1, 0.15) is 0 Å². The Bertz CT molecular complexity index is 1240. The molecule has 2 atom stereocenters. The number of rotatable bonds is 8. The van der Waals surface area contributed by atoms with Crippen LogP contribution in [-0.2, 0) is 15.7 Å². The maximum atomic E-state index is 14.5. The molecule has 1 aliphatic carbocycles. The molecule has 2 unspecified atom stereocenters. The first kappa shape index (κ1) is 30.0. The minimum absolute atomic E-state index is 0.00533. The van der Waals surface area contributed by atoms with Crippen molar-refractivity contribution in [3.05, 3.63) is 46.5 Å². The molecular weight excluding hydrogens is 529 g/mol. The average molecular weight is 567 g/mol. The molecule has 4 rings (SSSR count). The van der Waals surface area contributed by atoms with Crippen molar-refractivity contribution < 1.29 is 37.7 Å². The summed E-state index contributed by atoms with van der Waals surface area (Å²) >= 11 is 0. The van der Waals surface area contributed by atoms with E-state index in [4.69, 9.17) is 4.74 Å². The lowest BCUT2D eigenvalue weighted by atomic mass is 9.74. The van der Waals surface area contributed by atoms with Crippen LogP contribution in [0.1, 0.15) is 97.8 Å². The Hall–Kier alpha value is -2.99. The molecule has 0 spiro atoms. The van der Waals surface area contributed by atoms with Crippen LogP contribution in [0.2, 0.25) is 0 Å². The van der Waals surface area contributed by atoms with Crippen molar-refractivity contribution in [1.29, 1.82) is 0 Å². The van der Waals surface area contributed by atoms with Gasteiger partial charge in [-0.2, -0.15) is 18.3 Å². The second kappa shape index (κ2) is 10.8. The second-order valence-electron chi connectivity index (χ2n) is 12.1. The van der Waals surface area contributed by atoms with Gasteiger partial charge in [-0.15, -0.1) is 0 Å². The number of amides is 1. The molecule has 3 heterocycles.